The highest BCUT2D eigenvalue weighted by atomic mass is 32.2. The van der Waals surface area contributed by atoms with E-state index in [1.54, 1.807) is 6.07 Å². The molecule has 0 aromatic carbocycles. The number of carbonyl (C=O) groups is 2. The fraction of sp³-hybridized carbons (Fsp3) is 0.417. The molecule has 8 heteroatoms. The molecule has 20 heavy (non-hydrogen) atoms. The van der Waals surface area contributed by atoms with Crippen LogP contribution in [0.1, 0.15) is 33.7 Å². The fourth-order valence-corrected chi connectivity index (χ4v) is 3.33. The zero-order valence-electron chi connectivity index (χ0n) is 10.6. The van der Waals surface area contributed by atoms with E-state index in [-0.39, 0.29) is 29.6 Å². The Bertz CT molecular complexity index is 647. The first kappa shape index (κ1) is 13.2. The van der Waals surface area contributed by atoms with Crippen molar-refractivity contribution in [3.8, 4) is 0 Å². The van der Waals surface area contributed by atoms with Crippen molar-refractivity contribution in [2.24, 2.45) is 0 Å². The molecule has 1 aromatic rings. The molecule has 2 amide bonds. The number of nitrogens with one attached hydrogen (secondary N) is 1. The van der Waals surface area contributed by atoms with Crippen LogP contribution in [-0.2, 0) is 10.0 Å². The third-order valence-electron chi connectivity index (χ3n) is 3.24. The minimum Gasteiger partial charge on any atom is -0.272 e. The van der Waals surface area contributed by atoms with Crippen LogP contribution in [0.15, 0.2) is 18.3 Å². The van der Waals surface area contributed by atoms with E-state index in [9.17, 15) is 18.0 Å². The zero-order valence-corrected chi connectivity index (χ0v) is 11.4. The fourth-order valence-electron chi connectivity index (χ4n) is 2.04. The highest BCUT2D eigenvalue weighted by molar-refractivity contribution is 7.89. The van der Waals surface area contributed by atoms with Crippen LogP contribution in [0, 0.1) is 0 Å². The Morgan fingerprint density at radius 3 is 2.70 bits per heavy atom. The van der Waals surface area contributed by atoms with Gasteiger partial charge in [-0.3, -0.25) is 19.5 Å². The number of sulfonamides is 1. The molecule has 2 aliphatic rings. The van der Waals surface area contributed by atoms with Crippen molar-refractivity contribution in [3.63, 3.8) is 0 Å². The number of hydrogen-bond donors (Lipinski definition) is 1. The summed E-state index contributed by atoms with van der Waals surface area (Å²) in [6.45, 7) is -0.157. The second-order valence-corrected chi connectivity index (χ2v) is 6.75. The molecule has 0 saturated heterocycles. The number of pyridine rings is 1. The summed E-state index contributed by atoms with van der Waals surface area (Å²) in [6.07, 6.45) is 3.12. The molecule has 1 fully saturated rings. The summed E-state index contributed by atoms with van der Waals surface area (Å²) in [5.41, 5.74) is 0.315. The van der Waals surface area contributed by atoms with Crippen LogP contribution in [0.25, 0.3) is 0 Å². The Hall–Kier alpha value is -1.80. The summed E-state index contributed by atoms with van der Waals surface area (Å²) in [4.78, 5) is 28.8. The van der Waals surface area contributed by atoms with Crippen molar-refractivity contribution < 1.29 is 18.0 Å². The van der Waals surface area contributed by atoms with E-state index in [0.29, 0.717) is 0 Å². The van der Waals surface area contributed by atoms with Gasteiger partial charge in [-0.05, 0) is 25.0 Å². The van der Waals surface area contributed by atoms with Crippen LogP contribution in [0.2, 0.25) is 0 Å². The summed E-state index contributed by atoms with van der Waals surface area (Å²) < 4.78 is 26.0. The summed E-state index contributed by atoms with van der Waals surface area (Å²) >= 11 is 0. The number of aromatic nitrogens is 1. The molecule has 0 unspecified atom stereocenters. The van der Waals surface area contributed by atoms with Crippen molar-refractivity contribution in [3.05, 3.63) is 29.6 Å². The number of nitrogens with zero attached hydrogens (tertiary/aromatic N) is 2. The molecule has 1 N–H and O–H groups in total. The summed E-state index contributed by atoms with van der Waals surface area (Å²) in [7, 11) is -3.46. The van der Waals surface area contributed by atoms with Crippen molar-refractivity contribution in [2.45, 2.75) is 18.9 Å². The molecule has 2 heterocycles. The summed E-state index contributed by atoms with van der Waals surface area (Å²) in [5.74, 6) is -1.30. The molecule has 1 aromatic heterocycles. The first-order valence-electron chi connectivity index (χ1n) is 6.29. The highest BCUT2D eigenvalue weighted by Crippen LogP contribution is 2.21. The van der Waals surface area contributed by atoms with E-state index < -0.39 is 21.8 Å². The minimum atomic E-state index is -3.46. The predicted octanol–water partition coefficient (Wildman–Crippen LogP) is -0.241. The first-order chi connectivity index (χ1) is 9.48. The van der Waals surface area contributed by atoms with E-state index in [4.69, 9.17) is 0 Å². The van der Waals surface area contributed by atoms with Crippen molar-refractivity contribution in [1.29, 1.82) is 0 Å². The maximum atomic E-state index is 12.0. The second-order valence-electron chi connectivity index (χ2n) is 4.87. The molecule has 1 aliphatic carbocycles. The molecule has 1 saturated carbocycles. The first-order valence-corrected chi connectivity index (χ1v) is 7.94. The molecular formula is C12H13N3O4S. The predicted molar refractivity (Wildman–Crippen MR) is 69.5 cm³/mol. The second kappa shape index (κ2) is 4.64. The van der Waals surface area contributed by atoms with E-state index in [1.807, 2.05) is 0 Å². The van der Waals surface area contributed by atoms with Crippen LogP contribution in [0.4, 0.5) is 0 Å². The maximum absolute atomic E-state index is 12.0. The lowest BCUT2D eigenvalue weighted by molar-refractivity contribution is 0.0662. The Morgan fingerprint density at radius 2 is 2.05 bits per heavy atom. The zero-order chi connectivity index (χ0) is 14.3. The topological polar surface area (TPSA) is 96.4 Å². The summed E-state index contributed by atoms with van der Waals surface area (Å²) in [5, 5.41) is 0. The molecule has 7 nitrogen and oxygen atoms in total. The number of amides is 2. The van der Waals surface area contributed by atoms with E-state index in [1.165, 1.54) is 12.3 Å². The van der Waals surface area contributed by atoms with Gasteiger partial charge in [0, 0.05) is 18.8 Å². The van der Waals surface area contributed by atoms with Crippen LogP contribution in [0.5, 0.6) is 0 Å². The minimum absolute atomic E-state index is 0.0174. The van der Waals surface area contributed by atoms with Gasteiger partial charge in [-0.25, -0.2) is 13.1 Å². The normalized spacial score (nSPS) is 18.5. The molecule has 3 rings (SSSR count). The quantitative estimate of drug-likeness (QED) is 0.756. The standard InChI is InChI=1S/C12H13N3O4S/c16-11-9-2-1-5-13-10(9)12(17)15(11)6-7-20(18,19)14-8-3-4-8/h1-2,5,8,14H,3-4,6-7H2. The largest absolute Gasteiger partial charge is 0.280 e. The van der Waals surface area contributed by atoms with Gasteiger partial charge in [0.25, 0.3) is 11.8 Å². The Balaban J connectivity index is 1.70. The van der Waals surface area contributed by atoms with Gasteiger partial charge in [0.05, 0.1) is 11.3 Å². The van der Waals surface area contributed by atoms with Gasteiger partial charge in [-0.2, -0.15) is 0 Å². The van der Waals surface area contributed by atoms with Gasteiger partial charge >= 0.3 is 0 Å². The van der Waals surface area contributed by atoms with Crippen LogP contribution >= 0.6 is 0 Å². The average molecular weight is 295 g/mol. The Morgan fingerprint density at radius 1 is 1.30 bits per heavy atom. The number of hydrogen-bond acceptors (Lipinski definition) is 5. The van der Waals surface area contributed by atoms with E-state index >= 15 is 0 Å². The number of carbonyl (C=O) groups excluding carboxylic acids is 2. The molecule has 0 bridgehead atoms. The third kappa shape index (κ3) is 2.44. The van der Waals surface area contributed by atoms with E-state index in [2.05, 4.69) is 9.71 Å². The average Bonchev–Trinajstić information content (AvgIpc) is 3.17. The third-order valence-corrected chi connectivity index (χ3v) is 4.65. The lowest BCUT2D eigenvalue weighted by atomic mass is 10.2. The molecule has 0 spiro atoms. The maximum Gasteiger partial charge on any atom is 0.280 e. The van der Waals surface area contributed by atoms with Gasteiger partial charge in [0.2, 0.25) is 10.0 Å². The van der Waals surface area contributed by atoms with Gasteiger partial charge in [-0.15, -0.1) is 0 Å². The SMILES string of the molecule is O=C1c2cccnc2C(=O)N1CCS(=O)(=O)NC1CC1. The molecule has 0 atom stereocenters. The molecule has 1 aliphatic heterocycles. The summed E-state index contributed by atoms with van der Waals surface area (Å²) in [6, 6.07) is 3.10. The monoisotopic (exact) mass is 295 g/mol. The lowest BCUT2D eigenvalue weighted by Crippen LogP contribution is -2.38. The highest BCUT2D eigenvalue weighted by Gasteiger charge is 2.37. The smallest absolute Gasteiger partial charge is 0.272 e. The van der Waals surface area contributed by atoms with Crippen LogP contribution in [0.3, 0.4) is 0 Å². The van der Waals surface area contributed by atoms with Crippen LogP contribution < -0.4 is 4.72 Å². The van der Waals surface area contributed by atoms with Gasteiger partial charge in [0.15, 0.2) is 0 Å². The van der Waals surface area contributed by atoms with Crippen LogP contribution in [-0.4, -0.2) is 48.5 Å². The number of imide groups is 1. The van der Waals surface area contributed by atoms with E-state index in [0.717, 1.165) is 17.7 Å². The van der Waals surface area contributed by atoms with Gasteiger partial charge < -0.3 is 0 Å². The van der Waals surface area contributed by atoms with Crippen molar-refractivity contribution >= 4 is 21.8 Å². The van der Waals surface area contributed by atoms with Gasteiger partial charge in [0.1, 0.15) is 5.69 Å². The molecular weight excluding hydrogens is 282 g/mol. The number of fused-ring (bicyclic) bond motifs is 1. The Labute approximate surface area is 116 Å². The lowest BCUT2D eigenvalue weighted by Gasteiger charge is -2.13. The number of rotatable bonds is 5. The Kier molecular flexibility index (Phi) is 3.06. The molecule has 106 valence electrons. The van der Waals surface area contributed by atoms with Crippen molar-refractivity contribution in [2.75, 3.05) is 12.3 Å². The van der Waals surface area contributed by atoms with Gasteiger partial charge in [-0.1, -0.05) is 0 Å². The molecule has 0 radical (unpaired) electrons. The van der Waals surface area contributed by atoms with Crippen molar-refractivity contribution in [1.82, 2.24) is 14.6 Å².